The molecule has 1 fully saturated rings. The van der Waals surface area contributed by atoms with Crippen LogP contribution in [0.3, 0.4) is 0 Å². The Kier molecular flexibility index (Phi) is 9.80. The lowest BCUT2D eigenvalue weighted by Crippen LogP contribution is -2.40. The molecule has 0 aromatic carbocycles. The predicted molar refractivity (Wildman–Crippen MR) is 98.9 cm³/mol. The van der Waals surface area contributed by atoms with E-state index in [0.717, 1.165) is 19.6 Å². The lowest BCUT2D eigenvalue weighted by atomic mass is 10.0. The summed E-state index contributed by atoms with van der Waals surface area (Å²) in [6, 6.07) is 1.15. The van der Waals surface area contributed by atoms with Gasteiger partial charge in [-0.15, -0.1) is 24.0 Å². The van der Waals surface area contributed by atoms with Crippen molar-refractivity contribution < 1.29 is 0 Å². The number of guanidine groups is 1. The molecule has 5 heteroatoms. The maximum Gasteiger partial charge on any atom is 0.191 e. The molecule has 0 amide bonds. The molecule has 0 aromatic rings. The molecule has 1 aliphatic carbocycles. The third-order valence-corrected chi connectivity index (χ3v) is 3.99. The Bertz CT molecular complexity index is 286. The van der Waals surface area contributed by atoms with E-state index in [-0.39, 0.29) is 24.0 Å². The second-order valence-electron chi connectivity index (χ2n) is 6.05. The highest BCUT2D eigenvalue weighted by atomic mass is 127. The topological polar surface area (TPSA) is 44.9 Å². The van der Waals surface area contributed by atoms with Crippen LogP contribution in [-0.2, 0) is 0 Å². The molecule has 0 aromatic heterocycles. The molecule has 20 heavy (non-hydrogen) atoms. The van der Waals surface area contributed by atoms with Gasteiger partial charge in [-0.2, -0.15) is 0 Å². The number of halogens is 1. The van der Waals surface area contributed by atoms with E-state index in [1.165, 1.54) is 19.3 Å². The van der Waals surface area contributed by atoms with E-state index in [9.17, 15) is 0 Å². The van der Waals surface area contributed by atoms with Gasteiger partial charge in [-0.05, 0) is 38.3 Å². The van der Waals surface area contributed by atoms with E-state index in [1.54, 1.807) is 0 Å². The SMILES string of the molecule is CCN(CC)C(CN=C(N)N(C)C1CC1)CC(C)C.I. The molecule has 0 saturated heterocycles. The smallest absolute Gasteiger partial charge is 0.191 e. The summed E-state index contributed by atoms with van der Waals surface area (Å²) in [5.41, 5.74) is 6.08. The van der Waals surface area contributed by atoms with Crippen LogP contribution in [0.15, 0.2) is 4.99 Å². The molecule has 0 spiro atoms. The predicted octanol–water partition coefficient (Wildman–Crippen LogP) is 2.77. The normalized spacial score (nSPS) is 17.2. The minimum absolute atomic E-state index is 0. The van der Waals surface area contributed by atoms with Crippen molar-refractivity contribution in [1.82, 2.24) is 9.80 Å². The molecule has 0 radical (unpaired) electrons. The van der Waals surface area contributed by atoms with Crippen molar-refractivity contribution in [2.24, 2.45) is 16.6 Å². The summed E-state index contributed by atoms with van der Waals surface area (Å²) in [6.45, 7) is 12.0. The molecule has 1 aliphatic rings. The van der Waals surface area contributed by atoms with Crippen molar-refractivity contribution in [3.8, 4) is 0 Å². The first kappa shape index (κ1) is 20.0. The van der Waals surface area contributed by atoms with E-state index in [2.05, 4.69) is 49.5 Å². The summed E-state index contributed by atoms with van der Waals surface area (Å²) in [7, 11) is 2.06. The van der Waals surface area contributed by atoms with Crippen LogP contribution >= 0.6 is 24.0 Å². The molecular weight excluding hydrogens is 363 g/mol. The Balaban J connectivity index is 0.00000361. The molecule has 4 nitrogen and oxygen atoms in total. The highest BCUT2D eigenvalue weighted by Crippen LogP contribution is 2.24. The van der Waals surface area contributed by atoms with Crippen molar-refractivity contribution in [2.45, 2.75) is 59.0 Å². The van der Waals surface area contributed by atoms with E-state index in [0.29, 0.717) is 24.0 Å². The van der Waals surface area contributed by atoms with Gasteiger partial charge >= 0.3 is 0 Å². The maximum absolute atomic E-state index is 6.08. The van der Waals surface area contributed by atoms with Gasteiger partial charge < -0.3 is 10.6 Å². The van der Waals surface area contributed by atoms with Crippen LogP contribution < -0.4 is 5.73 Å². The molecule has 1 saturated carbocycles. The van der Waals surface area contributed by atoms with Crippen LogP contribution in [0, 0.1) is 5.92 Å². The van der Waals surface area contributed by atoms with Gasteiger partial charge in [-0.3, -0.25) is 9.89 Å². The van der Waals surface area contributed by atoms with Gasteiger partial charge in [0.1, 0.15) is 0 Å². The number of likely N-dealkylation sites (N-methyl/N-ethyl adjacent to an activating group) is 1. The van der Waals surface area contributed by atoms with E-state index < -0.39 is 0 Å². The lowest BCUT2D eigenvalue weighted by Gasteiger charge is -2.30. The average molecular weight is 396 g/mol. The molecular formula is C15H33IN4. The second kappa shape index (κ2) is 9.82. The zero-order chi connectivity index (χ0) is 14.4. The summed E-state index contributed by atoms with van der Waals surface area (Å²) >= 11 is 0. The fourth-order valence-corrected chi connectivity index (χ4v) is 2.58. The maximum atomic E-state index is 6.08. The number of nitrogens with two attached hydrogens (primary N) is 1. The van der Waals surface area contributed by atoms with Crippen LogP contribution in [0.4, 0.5) is 0 Å². The van der Waals surface area contributed by atoms with Crippen molar-refractivity contribution >= 4 is 29.9 Å². The fourth-order valence-electron chi connectivity index (χ4n) is 2.58. The van der Waals surface area contributed by atoms with Crippen molar-refractivity contribution in [2.75, 3.05) is 26.7 Å². The third kappa shape index (κ3) is 6.61. The standard InChI is InChI=1S/C15H32N4.HI/c1-6-19(7-2)14(10-12(3)4)11-17-15(16)18(5)13-8-9-13;/h12-14H,6-11H2,1-5H3,(H2,16,17);1H. The second-order valence-corrected chi connectivity index (χ2v) is 6.05. The molecule has 1 unspecified atom stereocenters. The molecule has 1 atom stereocenters. The zero-order valence-electron chi connectivity index (χ0n) is 13.8. The molecule has 1 rings (SSSR count). The summed E-state index contributed by atoms with van der Waals surface area (Å²) in [6.07, 6.45) is 3.71. The van der Waals surface area contributed by atoms with Crippen molar-refractivity contribution in [3.05, 3.63) is 0 Å². The summed E-state index contributed by atoms with van der Waals surface area (Å²) in [4.78, 5) is 9.26. The Hall–Kier alpha value is -0.0400. The molecule has 0 aliphatic heterocycles. The molecule has 120 valence electrons. The molecule has 0 heterocycles. The molecule has 0 bridgehead atoms. The van der Waals surface area contributed by atoms with Gasteiger partial charge in [-0.25, -0.2) is 0 Å². The number of hydrogen-bond donors (Lipinski definition) is 1. The van der Waals surface area contributed by atoms with Gasteiger partial charge in [0, 0.05) is 19.1 Å². The zero-order valence-corrected chi connectivity index (χ0v) is 16.1. The minimum Gasteiger partial charge on any atom is -0.370 e. The largest absolute Gasteiger partial charge is 0.370 e. The first-order valence-electron chi connectivity index (χ1n) is 7.76. The van der Waals surface area contributed by atoms with Crippen LogP contribution in [0.1, 0.15) is 47.0 Å². The van der Waals surface area contributed by atoms with Crippen molar-refractivity contribution in [1.29, 1.82) is 0 Å². The first-order chi connectivity index (χ1) is 8.99. The highest BCUT2D eigenvalue weighted by Gasteiger charge is 2.27. The average Bonchev–Trinajstić information content (AvgIpc) is 3.19. The number of aliphatic imine (C=N–C) groups is 1. The van der Waals surface area contributed by atoms with Crippen LogP contribution in [-0.4, -0.2) is 54.5 Å². The molecule has 2 N–H and O–H groups in total. The third-order valence-electron chi connectivity index (χ3n) is 3.99. The summed E-state index contributed by atoms with van der Waals surface area (Å²) in [5.74, 6) is 1.41. The Labute approximate surface area is 142 Å². The van der Waals surface area contributed by atoms with Crippen LogP contribution in [0.25, 0.3) is 0 Å². The van der Waals surface area contributed by atoms with Gasteiger partial charge in [0.25, 0.3) is 0 Å². The van der Waals surface area contributed by atoms with Gasteiger partial charge in [0.05, 0.1) is 6.54 Å². The monoisotopic (exact) mass is 396 g/mol. The van der Waals surface area contributed by atoms with Crippen molar-refractivity contribution in [3.63, 3.8) is 0 Å². The van der Waals surface area contributed by atoms with Crippen LogP contribution in [0.5, 0.6) is 0 Å². The quantitative estimate of drug-likeness (QED) is 0.390. The fraction of sp³-hybridized carbons (Fsp3) is 0.933. The Morgan fingerprint density at radius 2 is 1.80 bits per heavy atom. The summed E-state index contributed by atoms with van der Waals surface area (Å²) in [5, 5.41) is 0. The van der Waals surface area contributed by atoms with Gasteiger partial charge in [-0.1, -0.05) is 27.7 Å². The number of nitrogens with zero attached hydrogens (tertiary/aromatic N) is 3. The lowest BCUT2D eigenvalue weighted by molar-refractivity contribution is 0.196. The number of rotatable bonds is 8. The van der Waals surface area contributed by atoms with Gasteiger partial charge in [0.2, 0.25) is 0 Å². The minimum atomic E-state index is 0. The summed E-state index contributed by atoms with van der Waals surface area (Å²) < 4.78 is 0. The van der Waals surface area contributed by atoms with E-state index >= 15 is 0 Å². The van der Waals surface area contributed by atoms with E-state index in [1.807, 2.05) is 0 Å². The van der Waals surface area contributed by atoms with E-state index in [4.69, 9.17) is 5.73 Å². The van der Waals surface area contributed by atoms with Gasteiger partial charge in [0.15, 0.2) is 5.96 Å². The highest BCUT2D eigenvalue weighted by molar-refractivity contribution is 14.0. The first-order valence-corrected chi connectivity index (χ1v) is 7.76. The van der Waals surface area contributed by atoms with Crippen LogP contribution in [0.2, 0.25) is 0 Å². The Morgan fingerprint density at radius 1 is 1.25 bits per heavy atom. The Morgan fingerprint density at radius 3 is 2.20 bits per heavy atom. The number of hydrogen-bond acceptors (Lipinski definition) is 2.